The average molecular weight is 675 g/mol. The molecule has 0 heterocycles. The van der Waals surface area contributed by atoms with Gasteiger partial charge >= 0.3 is 11.9 Å². The fraction of sp³-hybridized carbons (Fsp3) is 0.422. The summed E-state index contributed by atoms with van der Waals surface area (Å²) in [6.07, 6.45) is 7.53. The van der Waals surface area contributed by atoms with Gasteiger partial charge in [0.05, 0.1) is 11.1 Å². The van der Waals surface area contributed by atoms with Gasteiger partial charge in [0, 0.05) is 5.41 Å². The quantitative estimate of drug-likeness (QED) is 0.111. The summed E-state index contributed by atoms with van der Waals surface area (Å²) in [6.45, 7) is 17.4. The number of hydrogen-bond donors (Lipinski definition) is 0. The predicted octanol–water partition coefficient (Wildman–Crippen LogP) is 12.0. The molecule has 0 amide bonds. The van der Waals surface area contributed by atoms with E-state index >= 15 is 0 Å². The van der Waals surface area contributed by atoms with E-state index in [0.29, 0.717) is 33.8 Å². The lowest BCUT2D eigenvalue weighted by molar-refractivity contribution is -0.00245. The van der Waals surface area contributed by atoms with E-state index in [0.717, 1.165) is 38.5 Å². The molecular weight excluding hydrogens is 620 g/mol. The van der Waals surface area contributed by atoms with Crippen LogP contribution in [0.4, 0.5) is 0 Å². The summed E-state index contributed by atoms with van der Waals surface area (Å²) in [5.41, 5.74) is 4.80. The molecule has 1 aliphatic rings. The van der Waals surface area contributed by atoms with Crippen molar-refractivity contribution in [3.05, 3.63) is 125 Å². The lowest BCUT2D eigenvalue weighted by Gasteiger charge is -2.45. The van der Waals surface area contributed by atoms with Gasteiger partial charge < -0.3 is 14.2 Å². The van der Waals surface area contributed by atoms with E-state index in [9.17, 15) is 9.59 Å². The van der Waals surface area contributed by atoms with Crippen molar-refractivity contribution < 1.29 is 23.8 Å². The second-order valence-corrected chi connectivity index (χ2v) is 16.0. The Labute approximate surface area is 299 Å². The molecular formula is C45H54O5. The third-order valence-electron chi connectivity index (χ3n) is 10.8. The summed E-state index contributed by atoms with van der Waals surface area (Å²) >= 11 is 0. The van der Waals surface area contributed by atoms with Crippen molar-refractivity contribution in [1.29, 1.82) is 0 Å². The Morgan fingerprint density at radius 1 is 0.620 bits per heavy atom. The average Bonchev–Trinajstić information content (AvgIpc) is 3.09. The van der Waals surface area contributed by atoms with Gasteiger partial charge in [0.2, 0.25) is 0 Å². The van der Waals surface area contributed by atoms with Crippen molar-refractivity contribution in [2.45, 2.75) is 117 Å². The number of esters is 2. The van der Waals surface area contributed by atoms with E-state index in [4.69, 9.17) is 14.2 Å². The highest BCUT2D eigenvalue weighted by molar-refractivity contribution is 5.91. The Morgan fingerprint density at radius 3 is 1.56 bits per heavy atom. The van der Waals surface area contributed by atoms with Crippen molar-refractivity contribution in [3.8, 4) is 17.2 Å². The highest BCUT2D eigenvalue weighted by Crippen LogP contribution is 2.51. The molecule has 0 saturated heterocycles. The van der Waals surface area contributed by atoms with Crippen LogP contribution in [0.5, 0.6) is 17.2 Å². The van der Waals surface area contributed by atoms with Gasteiger partial charge in [0.15, 0.2) is 0 Å². The van der Waals surface area contributed by atoms with Crippen molar-refractivity contribution >= 4 is 11.9 Å². The van der Waals surface area contributed by atoms with Crippen LogP contribution in [-0.2, 0) is 15.6 Å². The molecule has 5 rings (SSSR count). The molecule has 0 aliphatic heterocycles. The molecule has 50 heavy (non-hydrogen) atoms. The monoisotopic (exact) mass is 674 g/mol. The predicted molar refractivity (Wildman–Crippen MR) is 202 cm³/mol. The SMILES string of the molecule is CCCC(C)(C)c1ccc(C2(c3ccc(OC(=O)c4ccc(Oc5ccc(C(=O)OC(C)(C)CC)cc5)cc4)cc3)CCC(C)(C)CC2)cc1. The second kappa shape index (κ2) is 14.8. The molecule has 1 saturated carbocycles. The van der Waals surface area contributed by atoms with Crippen molar-refractivity contribution in [1.82, 2.24) is 0 Å². The minimum atomic E-state index is -0.521. The Bertz CT molecular complexity index is 1730. The highest BCUT2D eigenvalue weighted by Gasteiger charge is 2.41. The molecule has 0 atom stereocenters. The first-order chi connectivity index (χ1) is 23.6. The molecule has 0 spiro atoms. The van der Waals surface area contributed by atoms with Crippen molar-refractivity contribution in [3.63, 3.8) is 0 Å². The molecule has 1 fully saturated rings. The van der Waals surface area contributed by atoms with Gasteiger partial charge in [-0.1, -0.05) is 84.4 Å². The maximum absolute atomic E-state index is 13.1. The van der Waals surface area contributed by atoms with Crippen molar-refractivity contribution in [2.24, 2.45) is 5.41 Å². The first-order valence-corrected chi connectivity index (χ1v) is 18.2. The molecule has 5 heteroatoms. The minimum absolute atomic E-state index is 0.0725. The largest absolute Gasteiger partial charge is 0.457 e. The molecule has 0 unspecified atom stereocenters. The van der Waals surface area contributed by atoms with Crippen LogP contribution in [0.25, 0.3) is 0 Å². The van der Waals surface area contributed by atoms with E-state index in [-0.39, 0.29) is 16.8 Å². The maximum atomic E-state index is 13.1. The van der Waals surface area contributed by atoms with Gasteiger partial charge in [-0.25, -0.2) is 9.59 Å². The Morgan fingerprint density at radius 2 is 1.08 bits per heavy atom. The topological polar surface area (TPSA) is 61.8 Å². The number of hydrogen-bond acceptors (Lipinski definition) is 5. The first-order valence-electron chi connectivity index (χ1n) is 18.2. The smallest absolute Gasteiger partial charge is 0.343 e. The molecule has 0 bridgehead atoms. The number of ether oxygens (including phenoxy) is 3. The fourth-order valence-electron chi connectivity index (χ4n) is 6.95. The molecule has 0 radical (unpaired) electrons. The Balaban J connectivity index is 1.25. The molecule has 5 nitrogen and oxygen atoms in total. The summed E-state index contributed by atoms with van der Waals surface area (Å²) in [6, 6.07) is 31.2. The standard InChI is InChI=1S/C45H54O5/c1-9-27-43(5,6)34-15-17-35(18-16-34)45(30-28-42(3,4)29-31-45)36-19-25-39(26-20-36)49-40(46)32-11-21-37(22-12-32)48-38-23-13-33(14-24-38)41(47)50-44(7,8)10-2/h11-26H,9-10,27-31H2,1-8H3. The van der Waals surface area contributed by atoms with Crippen LogP contribution in [0.1, 0.15) is 138 Å². The second-order valence-electron chi connectivity index (χ2n) is 16.0. The number of carbonyl (C=O) groups is 2. The number of benzene rings is 4. The van der Waals surface area contributed by atoms with Gasteiger partial charge in [-0.15, -0.1) is 0 Å². The number of rotatable bonds is 12. The lowest BCUT2D eigenvalue weighted by atomic mass is 9.59. The normalized spacial score (nSPS) is 15.6. The van der Waals surface area contributed by atoms with Crippen molar-refractivity contribution in [2.75, 3.05) is 0 Å². The van der Waals surface area contributed by atoms with E-state index < -0.39 is 11.6 Å². The van der Waals surface area contributed by atoms with Crippen LogP contribution < -0.4 is 9.47 Å². The minimum Gasteiger partial charge on any atom is -0.457 e. The Kier molecular flexibility index (Phi) is 11.0. The molecule has 264 valence electrons. The molecule has 0 N–H and O–H groups in total. The van der Waals surface area contributed by atoms with Crippen LogP contribution in [0.2, 0.25) is 0 Å². The van der Waals surface area contributed by atoms with Gasteiger partial charge in [-0.2, -0.15) is 0 Å². The molecule has 1 aliphatic carbocycles. The highest BCUT2D eigenvalue weighted by atomic mass is 16.6. The Hall–Kier alpha value is -4.38. The summed E-state index contributed by atoms with van der Waals surface area (Å²) in [7, 11) is 0. The van der Waals surface area contributed by atoms with E-state index in [1.54, 1.807) is 48.5 Å². The summed E-state index contributed by atoms with van der Waals surface area (Å²) in [4.78, 5) is 25.6. The van der Waals surface area contributed by atoms with Crippen LogP contribution >= 0.6 is 0 Å². The van der Waals surface area contributed by atoms with E-state index in [1.807, 2.05) is 32.9 Å². The van der Waals surface area contributed by atoms with E-state index in [2.05, 4.69) is 71.0 Å². The van der Waals surface area contributed by atoms with Gasteiger partial charge in [-0.3, -0.25) is 0 Å². The number of carbonyl (C=O) groups excluding carboxylic acids is 2. The van der Waals surface area contributed by atoms with Crippen LogP contribution in [-0.4, -0.2) is 17.5 Å². The van der Waals surface area contributed by atoms with Gasteiger partial charge in [-0.05, 0) is 141 Å². The first kappa shape index (κ1) is 36.9. The summed E-state index contributed by atoms with van der Waals surface area (Å²) in [5, 5.41) is 0. The molecule has 0 aromatic heterocycles. The summed E-state index contributed by atoms with van der Waals surface area (Å²) < 4.78 is 17.3. The zero-order valence-corrected chi connectivity index (χ0v) is 31.2. The zero-order valence-electron chi connectivity index (χ0n) is 31.2. The van der Waals surface area contributed by atoms with Crippen LogP contribution in [0, 0.1) is 5.41 Å². The summed E-state index contributed by atoms with van der Waals surface area (Å²) in [5.74, 6) is 0.859. The maximum Gasteiger partial charge on any atom is 0.343 e. The van der Waals surface area contributed by atoms with Crippen LogP contribution in [0.3, 0.4) is 0 Å². The third-order valence-corrected chi connectivity index (χ3v) is 10.8. The zero-order chi connectivity index (χ0) is 36.2. The third kappa shape index (κ3) is 8.67. The van der Waals surface area contributed by atoms with E-state index in [1.165, 1.54) is 23.1 Å². The molecule has 4 aromatic carbocycles. The van der Waals surface area contributed by atoms with Gasteiger partial charge in [0.1, 0.15) is 22.8 Å². The lowest BCUT2D eigenvalue weighted by Crippen LogP contribution is -2.36. The van der Waals surface area contributed by atoms with Crippen LogP contribution in [0.15, 0.2) is 97.1 Å². The molecule has 4 aromatic rings. The fourth-order valence-corrected chi connectivity index (χ4v) is 6.95. The van der Waals surface area contributed by atoms with Gasteiger partial charge in [0.25, 0.3) is 0 Å².